The number of fused-ring (bicyclic) bond motifs is 3. The van der Waals surface area contributed by atoms with Gasteiger partial charge in [0.05, 0.1) is 29.8 Å². The van der Waals surface area contributed by atoms with Crippen molar-refractivity contribution in [3.05, 3.63) is 46.6 Å². The minimum absolute atomic E-state index is 0.125. The normalized spacial score (nSPS) is 18.1. The van der Waals surface area contributed by atoms with Gasteiger partial charge in [0.2, 0.25) is 0 Å². The quantitative estimate of drug-likeness (QED) is 0.755. The largest absolute Gasteiger partial charge is 0.497 e. The standard InChI is InChI=1S/C19H22N4O2S/c1-11-15-14(16-17(19(2,3)25-11)26-18(20)21-16)10-23(22-15)9-12-5-7-13(24-4)8-6-12/h5-8,10-11H,9H2,1-4H3,(H2,20,21). The Bertz CT molecular complexity index is 943. The Hall–Kier alpha value is -2.38. The summed E-state index contributed by atoms with van der Waals surface area (Å²) >= 11 is 1.48. The van der Waals surface area contributed by atoms with Crippen molar-refractivity contribution in [2.45, 2.75) is 39.0 Å². The van der Waals surface area contributed by atoms with Crippen LogP contribution in [0.25, 0.3) is 11.3 Å². The van der Waals surface area contributed by atoms with Crippen molar-refractivity contribution in [2.75, 3.05) is 12.8 Å². The van der Waals surface area contributed by atoms with E-state index in [-0.39, 0.29) is 6.10 Å². The van der Waals surface area contributed by atoms with Crippen LogP contribution < -0.4 is 10.5 Å². The molecular formula is C19H22N4O2S. The number of nitrogen functional groups attached to an aromatic ring is 1. The van der Waals surface area contributed by atoms with Crippen LogP contribution in [0.5, 0.6) is 5.75 Å². The van der Waals surface area contributed by atoms with E-state index in [1.54, 1.807) is 7.11 Å². The monoisotopic (exact) mass is 370 g/mol. The number of ether oxygens (including phenoxy) is 2. The van der Waals surface area contributed by atoms with Gasteiger partial charge in [-0.1, -0.05) is 23.5 Å². The maximum atomic E-state index is 6.28. The summed E-state index contributed by atoms with van der Waals surface area (Å²) in [5.74, 6) is 0.844. The summed E-state index contributed by atoms with van der Waals surface area (Å²) in [5.41, 5.74) is 9.48. The lowest BCUT2D eigenvalue weighted by atomic mass is 10.0. The second kappa shape index (κ2) is 6.10. The molecule has 1 aliphatic heterocycles. The Labute approximate surface area is 156 Å². The van der Waals surface area contributed by atoms with Gasteiger partial charge >= 0.3 is 0 Å². The van der Waals surface area contributed by atoms with Crippen molar-refractivity contribution in [2.24, 2.45) is 0 Å². The molecule has 0 spiro atoms. The molecular weight excluding hydrogens is 348 g/mol. The van der Waals surface area contributed by atoms with E-state index in [0.717, 1.165) is 33.1 Å². The summed E-state index contributed by atoms with van der Waals surface area (Å²) in [7, 11) is 1.67. The van der Waals surface area contributed by atoms with E-state index in [1.807, 2.05) is 42.1 Å². The Morgan fingerprint density at radius 1 is 1.31 bits per heavy atom. The van der Waals surface area contributed by atoms with Crippen LogP contribution in [0, 0.1) is 0 Å². The van der Waals surface area contributed by atoms with E-state index >= 15 is 0 Å². The molecule has 1 aromatic carbocycles. The lowest BCUT2D eigenvalue weighted by Crippen LogP contribution is -2.21. The number of hydrogen-bond donors (Lipinski definition) is 1. The summed E-state index contributed by atoms with van der Waals surface area (Å²) in [5, 5.41) is 5.34. The second-order valence-corrected chi connectivity index (χ2v) is 8.00. The minimum atomic E-state index is -0.446. The van der Waals surface area contributed by atoms with E-state index < -0.39 is 5.60 Å². The topological polar surface area (TPSA) is 75.2 Å². The summed E-state index contributed by atoms with van der Waals surface area (Å²) in [6, 6.07) is 8.00. The smallest absolute Gasteiger partial charge is 0.180 e. The molecule has 1 unspecified atom stereocenters. The SMILES string of the molecule is COc1ccc(Cn2cc3c(n2)C(C)OC(C)(C)c2sc(N)nc2-3)cc1. The van der Waals surface area contributed by atoms with Gasteiger partial charge in [0.1, 0.15) is 17.5 Å². The third-order valence-corrected chi connectivity index (χ3v) is 5.79. The molecule has 7 heteroatoms. The predicted octanol–water partition coefficient (Wildman–Crippen LogP) is 3.97. The van der Waals surface area contributed by atoms with Crippen LogP contribution in [0.2, 0.25) is 0 Å². The van der Waals surface area contributed by atoms with Crippen molar-refractivity contribution >= 4 is 16.5 Å². The maximum absolute atomic E-state index is 6.28. The zero-order chi connectivity index (χ0) is 18.5. The van der Waals surface area contributed by atoms with Crippen molar-refractivity contribution in [3.63, 3.8) is 0 Å². The van der Waals surface area contributed by atoms with Crippen LogP contribution >= 0.6 is 11.3 Å². The summed E-state index contributed by atoms with van der Waals surface area (Å²) in [6.07, 6.45) is 1.92. The van der Waals surface area contributed by atoms with Gasteiger partial charge in [-0.25, -0.2) is 4.98 Å². The molecule has 6 nitrogen and oxygen atoms in total. The Morgan fingerprint density at radius 3 is 2.73 bits per heavy atom. The van der Waals surface area contributed by atoms with Gasteiger partial charge in [0.15, 0.2) is 5.13 Å². The van der Waals surface area contributed by atoms with Crippen LogP contribution in [-0.2, 0) is 16.9 Å². The molecule has 0 amide bonds. The number of nitrogens with two attached hydrogens (primary N) is 1. The van der Waals surface area contributed by atoms with Gasteiger partial charge in [-0.3, -0.25) is 4.68 Å². The highest BCUT2D eigenvalue weighted by molar-refractivity contribution is 7.16. The minimum Gasteiger partial charge on any atom is -0.497 e. The molecule has 0 radical (unpaired) electrons. The number of aromatic nitrogens is 3. The van der Waals surface area contributed by atoms with Gasteiger partial charge in [-0.15, -0.1) is 0 Å². The highest BCUT2D eigenvalue weighted by Gasteiger charge is 2.37. The van der Waals surface area contributed by atoms with Gasteiger partial charge in [-0.2, -0.15) is 5.10 Å². The van der Waals surface area contributed by atoms with E-state index in [0.29, 0.717) is 11.7 Å². The van der Waals surface area contributed by atoms with E-state index in [9.17, 15) is 0 Å². The van der Waals surface area contributed by atoms with E-state index in [1.165, 1.54) is 11.3 Å². The second-order valence-electron chi connectivity index (χ2n) is 6.97. The molecule has 3 aromatic rings. The fourth-order valence-corrected chi connectivity index (χ4v) is 4.29. The van der Waals surface area contributed by atoms with Crippen molar-refractivity contribution in [1.82, 2.24) is 14.8 Å². The molecule has 26 heavy (non-hydrogen) atoms. The van der Waals surface area contributed by atoms with Gasteiger partial charge in [0, 0.05) is 11.8 Å². The molecule has 3 heterocycles. The predicted molar refractivity (Wildman–Crippen MR) is 102 cm³/mol. The van der Waals surface area contributed by atoms with Crippen LogP contribution in [-0.4, -0.2) is 21.9 Å². The van der Waals surface area contributed by atoms with Crippen molar-refractivity contribution in [1.29, 1.82) is 0 Å². The zero-order valence-electron chi connectivity index (χ0n) is 15.3. The third kappa shape index (κ3) is 2.87. The summed E-state index contributed by atoms with van der Waals surface area (Å²) in [4.78, 5) is 5.62. The first-order valence-electron chi connectivity index (χ1n) is 8.52. The average Bonchev–Trinajstić information content (AvgIpc) is 3.17. The first kappa shape index (κ1) is 17.1. The van der Waals surface area contributed by atoms with E-state index in [2.05, 4.69) is 18.8 Å². The van der Waals surface area contributed by atoms with Gasteiger partial charge in [-0.05, 0) is 38.5 Å². The highest BCUT2D eigenvalue weighted by Crippen LogP contribution is 2.46. The molecule has 1 atom stereocenters. The lowest BCUT2D eigenvalue weighted by Gasteiger charge is -2.25. The molecule has 0 aliphatic carbocycles. The van der Waals surface area contributed by atoms with Crippen LogP contribution in [0.1, 0.15) is 43.0 Å². The molecule has 0 fully saturated rings. The van der Waals surface area contributed by atoms with Crippen molar-refractivity contribution in [3.8, 4) is 17.0 Å². The molecule has 0 saturated carbocycles. The fourth-order valence-electron chi connectivity index (χ4n) is 3.40. The molecule has 1 aliphatic rings. The zero-order valence-corrected chi connectivity index (χ0v) is 16.1. The highest BCUT2D eigenvalue weighted by atomic mass is 32.1. The average molecular weight is 370 g/mol. The molecule has 2 N–H and O–H groups in total. The number of benzene rings is 1. The number of anilines is 1. The third-order valence-electron chi connectivity index (χ3n) is 4.60. The number of hydrogen-bond acceptors (Lipinski definition) is 6. The first-order chi connectivity index (χ1) is 12.4. The molecule has 0 saturated heterocycles. The number of thiazole rings is 1. The molecule has 4 rings (SSSR count). The van der Waals surface area contributed by atoms with Crippen LogP contribution in [0.15, 0.2) is 30.5 Å². The van der Waals surface area contributed by atoms with E-state index in [4.69, 9.17) is 20.3 Å². The fraction of sp³-hybridized carbons (Fsp3) is 0.368. The van der Waals surface area contributed by atoms with Crippen LogP contribution in [0.3, 0.4) is 0 Å². The Balaban J connectivity index is 1.74. The lowest BCUT2D eigenvalue weighted by molar-refractivity contribution is -0.0676. The Morgan fingerprint density at radius 2 is 2.04 bits per heavy atom. The summed E-state index contributed by atoms with van der Waals surface area (Å²) in [6.45, 7) is 6.81. The van der Waals surface area contributed by atoms with Crippen molar-refractivity contribution < 1.29 is 9.47 Å². The van der Waals surface area contributed by atoms with Crippen LogP contribution in [0.4, 0.5) is 5.13 Å². The molecule has 0 bridgehead atoms. The summed E-state index contributed by atoms with van der Waals surface area (Å²) < 4.78 is 13.4. The molecule has 2 aromatic heterocycles. The van der Waals surface area contributed by atoms with Gasteiger partial charge < -0.3 is 15.2 Å². The number of rotatable bonds is 3. The van der Waals surface area contributed by atoms with Gasteiger partial charge in [0.25, 0.3) is 0 Å². The molecule has 136 valence electrons. The Kier molecular flexibility index (Phi) is 4.00. The first-order valence-corrected chi connectivity index (χ1v) is 9.34. The maximum Gasteiger partial charge on any atom is 0.180 e. The number of nitrogens with zero attached hydrogens (tertiary/aromatic N) is 3. The number of methoxy groups -OCH3 is 1.